The molecule has 2 heterocycles. The van der Waals surface area contributed by atoms with Crippen molar-refractivity contribution in [3.63, 3.8) is 0 Å². The monoisotopic (exact) mass is 219 g/mol. The molecular formula is C11H17N5. The number of imidazole rings is 1. The summed E-state index contributed by atoms with van der Waals surface area (Å²) in [6.07, 6.45) is 4.62. The van der Waals surface area contributed by atoms with E-state index < -0.39 is 0 Å². The van der Waals surface area contributed by atoms with Crippen LogP contribution in [0.5, 0.6) is 0 Å². The van der Waals surface area contributed by atoms with E-state index in [0.717, 1.165) is 23.3 Å². The molecule has 0 spiro atoms. The van der Waals surface area contributed by atoms with E-state index >= 15 is 0 Å². The minimum atomic E-state index is 0.533. The maximum atomic E-state index is 6.01. The minimum Gasteiger partial charge on any atom is -0.369 e. The van der Waals surface area contributed by atoms with E-state index in [4.69, 9.17) is 5.73 Å². The highest BCUT2D eigenvalue weighted by Crippen LogP contribution is 2.36. The number of fused-ring (bicyclic) bond motifs is 1. The van der Waals surface area contributed by atoms with Gasteiger partial charge in [-0.15, -0.1) is 0 Å². The largest absolute Gasteiger partial charge is 0.369 e. The molecule has 0 aromatic carbocycles. The maximum absolute atomic E-state index is 6.01. The van der Waals surface area contributed by atoms with Crippen molar-refractivity contribution in [2.24, 2.45) is 7.05 Å². The molecule has 2 aromatic heterocycles. The quantitative estimate of drug-likeness (QED) is 0.835. The Morgan fingerprint density at radius 2 is 2.19 bits per heavy atom. The van der Waals surface area contributed by atoms with E-state index in [1.807, 2.05) is 11.7 Å². The van der Waals surface area contributed by atoms with Crippen LogP contribution in [0, 0.1) is 0 Å². The SMILES string of the molecule is CCc1nn(C)c2c1nc(N)n2C1CCC1. The fourth-order valence-corrected chi connectivity index (χ4v) is 2.46. The summed E-state index contributed by atoms with van der Waals surface area (Å²) in [5, 5.41) is 4.49. The van der Waals surface area contributed by atoms with Crippen molar-refractivity contribution in [3.05, 3.63) is 5.69 Å². The first-order valence-corrected chi connectivity index (χ1v) is 5.91. The standard InChI is InChI=1S/C11H17N5/c1-3-8-9-10(15(2)14-8)16(11(12)13-9)7-5-4-6-7/h7H,3-6H2,1-2H3,(H2,12,13). The Bertz CT molecular complexity index is 532. The van der Waals surface area contributed by atoms with Crippen LogP contribution in [0.1, 0.15) is 37.9 Å². The van der Waals surface area contributed by atoms with Crippen LogP contribution >= 0.6 is 0 Å². The van der Waals surface area contributed by atoms with Gasteiger partial charge in [0.2, 0.25) is 5.95 Å². The molecule has 0 atom stereocenters. The smallest absolute Gasteiger partial charge is 0.202 e. The minimum absolute atomic E-state index is 0.533. The van der Waals surface area contributed by atoms with Gasteiger partial charge in [0, 0.05) is 13.1 Å². The van der Waals surface area contributed by atoms with E-state index in [1.165, 1.54) is 19.3 Å². The Balaban J connectivity index is 2.26. The first-order chi connectivity index (χ1) is 7.72. The van der Waals surface area contributed by atoms with E-state index in [0.29, 0.717) is 12.0 Å². The molecule has 5 heteroatoms. The molecular weight excluding hydrogens is 202 g/mol. The molecule has 16 heavy (non-hydrogen) atoms. The molecule has 5 nitrogen and oxygen atoms in total. The third-order valence-electron chi connectivity index (χ3n) is 3.54. The predicted octanol–water partition coefficient (Wildman–Crippen LogP) is 1.64. The van der Waals surface area contributed by atoms with Crippen molar-refractivity contribution in [1.29, 1.82) is 0 Å². The molecule has 2 aromatic rings. The Morgan fingerprint density at radius 3 is 2.75 bits per heavy atom. The Kier molecular flexibility index (Phi) is 1.96. The van der Waals surface area contributed by atoms with Crippen LogP contribution in [0.15, 0.2) is 0 Å². The summed E-state index contributed by atoms with van der Waals surface area (Å²) in [7, 11) is 1.97. The molecule has 1 saturated carbocycles. The topological polar surface area (TPSA) is 61.7 Å². The lowest BCUT2D eigenvalue weighted by atomic mass is 9.93. The fraction of sp³-hybridized carbons (Fsp3) is 0.636. The highest BCUT2D eigenvalue weighted by atomic mass is 15.4. The maximum Gasteiger partial charge on any atom is 0.202 e. The summed E-state index contributed by atoms with van der Waals surface area (Å²) in [4.78, 5) is 4.47. The molecule has 0 radical (unpaired) electrons. The number of hydrogen-bond donors (Lipinski definition) is 1. The zero-order valence-corrected chi connectivity index (χ0v) is 9.77. The van der Waals surface area contributed by atoms with Gasteiger partial charge in [0.25, 0.3) is 0 Å². The summed E-state index contributed by atoms with van der Waals surface area (Å²) < 4.78 is 4.07. The number of aryl methyl sites for hydroxylation is 2. The Hall–Kier alpha value is -1.52. The van der Waals surface area contributed by atoms with Gasteiger partial charge in [-0.2, -0.15) is 5.10 Å². The molecule has 0 saturated heterocycles. The lowest BCUT2D eigenvalue weighted by Crippen LogP contribution is -2.20. The van der Waals surface area contributed by atoms with Crippen LogP contribution in [0.25, 0.3) is 11.2 Å². The number of anilines is 1. The van der Waals surface area contributed by atoms with Gasteiger partial charge in [-0.05, 0) is 25.7 Å². The zero-order chi connectivity index (χ0) is 11.3. The van der Waals surface area contributed by atoms with E-state index in [2.05, 4.69) is 21.6 Å². The van der Waals surface area contributed by atoms with Gasteiger partial charge >= 0.3 is 0 Å². The van der Waals surface area contributed by atoms with Crippen LogP contribution in [-0.4, -0.2) is 19.3 Å². The van der Waals surface area contributed by atoms with Gasteiger partial charge < -0.3 is 5.73 Å². The number of hydrogen-bond acceptors (Lipinski definition) is 3. The molecule has 0 amide bonds. The Morgan fingerprint density at radius 1 is 1.44 bits per heavy atom. The third kappa shape index (κ3) is 1.11. The summed E-state index contributed by atoms with van der Waals surface area (Å²) in [6, 6.07) is 0.533. The van der Waals surface area contributed by atoms with Gasteiger partial charge in [0.1, 0.15) is 5.52 Å². The van der Waals surface area contributed by atoms with Gasteiger partial charge in [-0.3, -0.25) is 9.25 Å². The van der Waals surface area contributed by atoms with Crippen molar-refractivity contribution < 1.29 is 0 Å². The van der Waals surface area contributed by atoms with E-state index in [-0.39, 0.29) is 0 Å². The summed E-state index contributed by atoms with van der Waals surface area (Å²) in [5.41, 5.74) is 9.12. The number of aromatic nitrogens is 4. The highest BCUT2D eigenvalue weighted by molar-refractivity contribution is 5.78. The van der Waals surface area contributed by atoms with Gasteiger partial charge in [0.05, 0.1) is 5.69 Å². The number of nitrogens with zero attached hydrogens (tertiary/aromatic N) is 4. The first kappa shape index (κ1) is 9.69. The average Bonchev–Trinajstić information content (AvgIpc) is 2.65. The first-order valence-electron chi connectivity index (χ1n) is 5.91. The van der Waals surface area contributed by atoms with Crippen LogP contribution in [0.4, 0.5) is 5.95 Å². The predicted molar refractivity (Wildman–Crippen MR) is 63.2 cm³/mol. The molecule has 2 N–H and O–H groups in total. The molecule has 1 aliphatic rings. The molecule has 1 fully saturated rings. The van der Waals surface area contributed by atoms with Crippen molar-refractivity contribution in [2.45, 2.75) is 38.6 Å². The van der Waals surface area contributed by atoms with Crippen molar-refractivity contribution in [3.8, 4) is 0 Å². The van der Waals surface area contributed by atoms with Crippen molar-refractivity contribution in [2.75, 3.05) is 5.73 Å². The summed E-state index contributed by atoms with van der Waals surface area (Å²) >= 11 is 0. The second kappa shape index (κ2) is 3.23. The van der Waals surface area contributed by atoms with Crippen LogP contribution in [0.3, 0.4) is 0 Å². The molecule has 0 bridgehead atoms. The molecule has 0 aliphatic heterocycles. The molecule has 1 aliphatic carbocycles. The molecule has 3 rings (SSSR count). The van der Waals surface area contributed by atoms with Gasteiger partial charge in [-0.1, -0.05) is 6.92 Å². The zero-order valence-electron chi connectivity index (χ0n) is 9.77. The lowest BCUT2D eigenvalue weighted by Gasteiger charge is -2.27. The molecule has 86 valence electrons. The number of nitrogens with two attached hydrogens (primary N) is 1. The number of rotatable bonds is 2. The van der Waals surface area contributed by atoms with Gasteiger partial charge in [-0.25, -0.2) is 4.98 Å². The lowest BCUT2D eigenvalue weighted by molar-refractivity contribution is 0.321. The summed E-state index contributed by atoms with van der Waals surface area (Å²) in [5.74, 6) is 0.641. The highest BCUT2D eigenvalue weighted by Gasteiger charge is 2.26. The third-order valence-corrected chi connectivity index (χ3v) is 3.54. The van der Waals surface area contributed by atoms with Crippen LogP contribution < -0.4 is 5.73 Å². The summed E-state index contributed by atoms with van der Waals surface area (Å²) in [6.45, 7) is 2.10. The van der Waals surface area contributed by atoms with Crippen LogP contribution in [0.2, 0.25) is 0 Å². The van der Waals surface area contributed by atoms with Gasteiger partial charge in [0.15, 0.2) is 5.65 Å². The van der Waals surface area contributed by atoms with Crippen molar-refractivity contribution >= 4 is 17.1 Å². The van der Waals surface area contributed by atoms with E-state index in [9.17, 15) is 0 Å². The van der Waals surface area contributed by atoms with Crippen molar-refractivity contribution in [1.82, 2.24) is 19.3 Å². The average molecular weight is 219 g/mol. The fourth-order valence-electron chi connectivity index (χ4n) is 2.46. The normalized spacial score (nSPS) is 16.9. The molecule has 0 unspecified atom stereocenters. The number of nitrogen functional groups attached to an aromatic ring is 1. The second-order valence-electron chi connectivity index (χ2n) is 4.52. The second-order valence-corrected chi connectivity index (χ2v) is 4.52. The van der Waals surface area contributed by atoms with Crippen LogP contribution in [-0.2, 0) is 13.5 Å². The van der Waals surface area contributed by atoms with E-state index in [1.54, 1.807) is 0 Å². The Labute approximate surface area is 94.2 Å².